The minimum absolute atomic E-state index is 0.551. The lowest BCUT2D eigenvalue weighted by Gasteiger charge is -2.35. The van der Waals surface area contributed by atoms with Crippen LogP contribution in [0, 0.1) is 12.8 Å². The van der Waals surface area contributed by atoms with Crippen molar-refractivity contribution in [3.8, 4) is 0 Å². The normalized spacial score (nSPS) is 27.5. The van der Waals surface area contributed by atoms with Crippen molar-refractivity contribution in [1.82, 2.24) is 9.78 Å². The lowest BCUT2D eigenvalue weighted by molar-refractivity contribution is 0.00490. The zero-order chi connectivity index (χ0) is 14.0. The maximum absolute atomic E-state index is 10.6. The number of hydrogen-bond acceptors (Lipinski definition) is 4. The van der Waals surface area contributed by atoms with Crippen LogP contribution >= 0.6 is 0 Å². The molecule has 2 rings (SSSR count). The highest BCUT2D eigenvalue weighted by molar-refractivity contribution is 5.64. The number of nitrogen functional groups attached to an aromatic ring is 1. The molecule has 0 saturated heterocycles. The fourth-order valence-corrected chi connectivity index (χ4v) is 2.74. The van der Waals surface area contributed by atoms with Crippen LogP contribution in [0.4, 0.5) is 11.5 Å². The van der Waals surface area contributed by atoms with Gasteiger partial charge in [0.15, 0.2) is 0 Å². The van der Waals surface area contributed by atoms with Crippen molar-refractivity contribution in [1.29, 1.82) is 0 Å². The summed E-state index contributed by atoms with van der Waals surface area (Å²) in [5, 5.41) is 18.3. The molecule has 0 aromatic carbocycles. The summed E-state index contributed by atoms with van der Waals surface area (Å²) in [6, 6.07) is 0. The molecule has 19 heavy (non-hydrogen) atoms. The van der Waals surface area contributed by atoms with Gasteiger partial charge < -0.3 is 16.2 Å². The van der Waals surface area contributed by atoms with E-state index in [0.717, 1.165) is 49.7 Å². The lowest BCUT2D eigenvalue weighted by Crippen LogP contribution is -2.40. The second-order valence-electron chi connectivity index (χ2n) is 5.92. The zero-order valence-corrected chi connectivity index (χ0v) is 12.2. The highest BCUT2D eigenvalue weighted by Crippen LogP contribution is 2.32. The minimum Gasteiger partial charge on any atom is -0.394 e. The number of rotatable bonds is 4. The van der Waals surface area contributed by atoms with E-state index in [9.17, 15) is 5.11 Å². The van der Waals surface area contributed by atoms with Gasteiger partial charge in [-0.05, 0) is 45.4 Å². The molecule has 1 aromatic heterocycles. The minimum atomic E-state index is -0.601. The Bertz CT molecular complexity index is 433. The fraction of sp³-hybridized carbons (Fsp3) is 0.786. The number of hydrogen-bond donors (Lipinski definition) is 3. The molecule has 5 nitrogen and oxygen atoms in total. The fourth-order valence-electron chi connectivity index (χ4n) is 2.74. The maximum Gasteiger partial charge on any atom is 0.148 e. The van der Waals surface area contributed by atoms with Crippen molar-refractivity contribution in [2.24, 2.45) is 5.92 Å². The summed E-state index contributed by atoms with van der Waals surface area (Å²) in [6.07, 6.45) is 3.92. The van der Waals surface area contributed by atoms with E-state index in [4.69, 9.17) is 5.73 Å². The first-order valence-electron chi connectivity index (χ1n) is 7.24. The summed E-state index contributed by atoms with van der Waals surface area (Å²) in [6.45, 7) is 7.52. The second kappa shape index (κ2) is 5.41. The van der Waals surface area contributed by atoms with E-state index >= 15 is 0 Å². The van der Waals surface area contributed by atoms with E-state index in [1.807, 2.05) is 18.5 Å². The molecule has 1 heterocycles. The highest BCUT2D eigenvalue weighted by atomic mass is 16.3. The first-order chi connectivity index (χ1) is 8.95. The van der Waals surface area contributed by atoms with Crippen LogP contribution in [0.5, 0.6) is 0 Å². The van der Waals surface area contributed by atoms with E-state index in [1.165, 1.54) is 0 Å². The Kier molecular flexibility index (Phi) is 4.04. The number of anilines is 2. The molecule has 108 valence electrons. The Morgan fingerprint density at radius 1 is 1.47 bits per heavy atom. The average molecular weight is 266 g/mol. The van der Waals surface area contributed by atoms with E-state index in [-0.39, 0.29) is 0 Å². The first kappa shape index (κ1) is 14.2. The quantitative estimate of drug-likeness (QED) is 0.780. The predicted octanol–water partition coefficient (Wildman–Crippen LogP) is 2.15. The Hall–Kier alpha value is -1.23. The van der Waals surface area contributed by atoms with Gasteiger partial charge in [-0.25, -0.2) is 4.68 Å². The Morgan fingerprint density at radius 2 is 2.11 bits per heavy atom. The molecule has 0 spiro atoms. The summed E-state index contributed by atoms with van der Waals surface area (Å²) in [7, 11) is 0. The van der Waals surface area contributed by atoms with Crippen LogP contribution in [0.15, 0.2) is 0 Å². The van der Waals surface area contributed by atoms with Crippen LogP contribution in [0.2, 0.25) is 0 Å². The topological polar surface area (TPSA) is 76.1 Å². The number of nitrogens with zero attached hydrogens (tertiary/aromatic N) is 2. The van der Waals surface area contributed by atoms with Crippen molar-refractivity contribution >= 4 is 11.5 Å². The molecule has 1 aromatic rings. The maximum atomic E-state index is 10.6. The summed E-state index contributed by atoms with van der Waals surface area (Å²) in [4.78, 5) is 0. The van der Waals surface area contributed by atoms with Crippen LogP contribution in [0.1, 0.15) is 45.2 Å². The molecule has 5 heteroatoms. The summed E-state index contributed by atoms with van der Waals surface area (Å²) in [5.74, 6) is 1.57. The van der Waals surface area contributed by atoms with Gasteiger partial charge in [-0.3, -0.25) is 0 Å². The number of nitrogens with one attached hydrogen (secondary N) is 1. The Morgan fingerprint density at radius 3 is 2.68 bits per heavy atom. The molecule has 0 radical (unpaired) electrons. The number of aliphatic hydroxyl groups is 1. The molecule has 0 bridgehead atoms. The molecule has 0 aliphatic heterocycles. The molecule has 0 unspecified atom stereocenters. The van der Waals surface area contributed by atoms with Crippen molar-refractivity contribution < 1.29 is 5.11 Å². The summed E-state index contributed by atoms with van der Waals surface area (Å²) < 4.78 is 1.86. The number of aromatic nitrogens is 2. The van der Waals surface area contributed by atoms with Crippen LogP contribution in [-0.4, -0.2) is 27.0 Å². The van der Waals surface area contributed by atoms with Crippen LogP contribution in [0.3, 0.4) is 0 Å². The second-order valence-corrected chi connectivity index (χ2v) is 5.92. The summed E-state index contributed by atoms with van der Waals surface area (Å²) in [5.41, 5.74) is 6.96. The largest absolute Gasteiger partial charge is 0.394 e. The van der Waals surface area contributed by atoms with Gasteiger partial charge in [-0.15, -0.1) is 0 Å². The van der Waals surface area contributed by atoms with E-state index in [1.54, 1.807) is 0 Å². The zero-order valence-electron chi connectivity index (χ0n) is 12.2. The molecular formula is C14H26N4O. The predicted molar refractivity (Wildman–Crippen MR) is 78.1 cm³/mol. The van der Waals surface area contributed by atoms with Crippen LogP contribution < -0.4 is 11.1 Å². The van der Waals surface area contributed by atoms with Gasteiger partial charge >= 0.3 is 0 Å². The summed E-state index contributed by atoms with van der Waals surface area (Å²) >= 11 is 0. The number of nitrogens with two attached hydrogens (primary N) is 1. The standard InChI is InChI=1S/C14H26N4O/c1-4-18-13(12(15)11(3)17-18)16-9-14(19)7-5-10(2)6-8-14/h10,16,19H,4-9,15H2,1-3H3. The van der Waals surface area contributed by atoms with Crippen molar-refractivity contribution in [2.75, 3.05) is 17.6 Å². The molecular weight excluding hydrogens is 240 g/mol. The van der Waals surface area contributed by atoms with Crippen molar-refractivity contribution in [3.05, 3.63) is 5.69 Å². The monoisotopic (exact) mass is 266 g/mol. The SMILES string of the molecule is CCn1nc(C)c(N)c1NCC1(O)CCC(C)CC1. The van der Waals surface area contributed by atoms with Crippen LogP contribution in [-0.2, 0) is 6.54 Å². The molecule has 0 amide bonds. The van der Waals surface area contributed by atoms with E-state index < -0.39 is 5.60 Å². The molecule has 4 N–H and O–H groups in total. The third-order valence-electron chi connectivity index (χ3n) is 4.26. The third kappa shape index (κ3) is 3.03. The smallest absolute Gasteiger partial charge is 0.148 e. The van der Waals surface area contributed by atoms with E-state index in [2.05, 4.69) is 17.3 Å². The third-order valence-corrected chi connectivity index (χ3v) is 4.26. The number of aryl methyl sites for hydroxylation is 2. The van der Waals surface area contributed by atoms with Crippen molar-refractivity contribution in [2.45, 2.75) is 58.6 Å². The van der Waals surface area contributed by atoms with Gasteiger partial charge in [-0.1, -0.05) is 6.92 Å². The van der Waals surface area contributed by atoms with Gasteiger partial charge in [0.25, 0.3) is 0 Å². The van der Waals surface area contributed by atoms with Gasteiger partial charge in [0, 0.05) is 13.1 Å². The van der Waals surface area contributed by atoms with Gasteiger partial charge in [0.2, 0.25) is 0 Å². The van der Waals surface area contributed by atoms with Gasteiger partial charge in [0.1, 0.15) is 5.82 Å². The van der Waals surface area contributed by atoms with Crippen molar-refractivity contribution in [3.63, 3.8) is 0 Å². The van der Waals surface area contributed by atoms with Gasteiger partial charge in [0.05, 0.1) is 17.0 Å². The van der Waals surface area contributed by atoms with E-state index in [0.29, 0.717) is 12.2 Å². The molecule has 1 fully saturated rings. The Labute approximate surface area is 115 Å². The Balaban J connectivity index is 2.02. The molecule has 0 atom stereocenters. The average Bonchev–Trinajstić information content (AvgIpc) is 2.67. The lowest BCUT2D eigenvalue weighted by atomic mass is 9.79. The molecule has 1 aliphatic rings. The van der Waals surface area contributed by atoms with Gasteiger partial charge in [-0.2, -0.15) is 5.10 Å². The highest BCUT2D eigenvalue weighted by Gasteiger charge is 2.32. The first-order valence-corrected chi connectivity index (χ1v) is 7.24. The van der Waals surface area contributed by atoms with Crippen LogP contribution in [0.25, 0.3) is 0 Å². The molecule has 1 aliphatic carbocycles. The molecule has 1 saturated carbocycles.